The first-order valence-electron chi connectivity index (χ1n) is 9.20. The van der Waals surface area contributed by atoms with Gasteiger partial charge in [-0.05, 0) is 26.2 Å². The molecule has 3 atom stereocenters. The van der Waals surface area contributed by atoms with Crippen LogP contribution < -0.4 is 0 Å². The number of rotatable bonds is 13. The summed E-state index contributed by atoms with van der Waals surface area (Å²) in [6.07, 6.45) is 10.2. The molecule has 3 heteroatoms. The summed E-state index contributed by atoms with van der Waals surface area (Å²) in [6.45, 7) is 13.0. The molecule has 3 unspecified atom stereocenters. The topological polar surface area (TPSA) is 26.3 Å². The van der Waals surface area contributed by atoms with E-state index in [-0.39, 0.29) is 17.4 Å². The van der Waals surface area contributed by atoms with E-state index in [1.807, 2.05) is 0 Å². The molecule has 0 fully saturated rings. The molecule has 0 aromatic heterocycles. The van der Waals surface area contributed by atoms with Crippen LogP contribution >= 0.6 is 7.37 Å². The van der Waals surface area contributed by atoms with Gasteiger partial charge in [-0.2, -0.15) is 0 Å². The summed E-state index contributed by atoms with van der Waals surface area (Å²) >= 11 is 0. The SMILES string of the molecule is CCCCC(C)OP(=O)(C(C)CCCC)C(C)CCCC. The highest BCUT2D eigenvalue weighted by atomic mass is 31.2. The van der Waals surface area contributed by atoms with Gasteiger partial charge in [-0.3, -0.25) is 4.57 Å². The lowest BCUT2D eigenvalue weighted by Gasteiger charge is -2.32. The zero-order chi connectivity index (χ0) is 16.3. The number of unbranched alkanes of at least 4 members (excludes halogenated alkanes) is 3. The van der Waals surface area contributed by atoms with Crippen LogP contribution in [0.5, 0.6) is 0 Å². The zero-order valence-corrected chi connectivity index (χ0v) is 16.3. The largest absolute Gasteiger partial charge is 0.325 e. The molecule has 0 aliphatic carbocycles. The number of hydrogen-bond donors (Lipinski definition) is 0. The van der Waals surface area contributed by atoms with Crippen molar-refractivity contribution in [2.45, 2.75) is 117 Å². The molecule has 2 nitrogen and oxygen atoms in total. The average molecular weight is 318 g/mol. The molecular weight excluding hydrogens is 279 g/mol. The minimum Gasteiger partial charge on any atom is -0.325 e. The van der Waals surface area contributed by atoms with E-state index in [2.05, 4.69) is 41.5 Å². The van der Waals surface area contributed by atoms with E-state index in [1.54, 1.807) is 0 Å². The van der Waals surface area contributed by atoms with Crippen LogP contribution in [0.15, 0.2) is 0 Å². The van der Waals surface area contributed by atoms with Crippen molar-refractivity contribution in [1.82, 2.24) is 0 Å². The van der Waals surface area contributed by atoms with Crippen molar-refractivity contribution in [3.63, 3.8) is 0 Å². The van der Waals surface area contributed by atoms with Gasteiger partial charge in [0.1, 0.15) is 0 Å². The fourth-order valence-electron chi connectivity index (χ4n) is 2.83. The molecule has 0 amide bonds. The lowest BCUT2D eigenvalue weighted by atomic mass is 10.2. The van der Waals surface area contributed by atoms with Crippen molar-refractivity contribution >= 4 is 7.37 Å². The Kier molecular flexibility index (Phi) is 11.8. The van der Waals surface area contributed by atoms with Gasteiger partial charge in [0, 0.05) is 11.3 Å². The zero-order valence-electron chi connectivity index (χ0n) is 15.4. The summed E-state index contributed by atoms with van der Waals surface area (Å²) in [7, 11) is -2.56. The van der Waals surface area contributed by atoms with Crippen molar-refractivity contribution in [2.24, 2.45) is 0 Å². The van der Waals surface area contributed by atoms with Crippen LogP contribution in [0.3, 0.4) is 0 Å². The van der Waals surface area contributed by atoms with E-state index in [0.717, 1.165) is 38.5 Å². The standard InChI is InChI=1S/C18H39O2P/c1-7-10-13-16(4)20-21(19,17(5)14-11-8-2)18(6)15-12-9-3/h16-18H,7-15H2,1-6H3. The summed E-state index contributed by atoms with van der Waals surface area (Å²) < 4.78 is 19.8. The van der Waals surface area contributed by atoms with Crippen molar-refractivity contribution in [3.05, 3.63) is 0 Å². The Labute approximate surface area is 133 Å². The summed E-state index contributed by atoms with van der Waals surface area (Å²) in [5, 5.41) is 0. The first kappa shape index (κ1) is 21.2. The summed E-state index contributed by atoms with van der Waals surface area (Å²) in [4.78, 5) is 0. The average Bonchev–Trinajstić information content (AvgIpc) is 2.47. The van der Waals surface area contributed by atoms with E-state index < -0.39 is 7.37 Å². The molecule has 0 aliphatic rings. The highest BCUT2D eigenvalue weighted by Crippen LogP contribution is 2.60. The fraction of sp³-hybridized carbons (Fsp3) is 1.00. The van der Waals surface area contributed by atoms with E-state index in [0.29, 0.717) is 0 Å². The minimum absolute atomic E-state index is 0.129. The van der Waals surface area contributed by atoms with Crippen LogP contribution in [0.25, 0.3) is 0 Å². The Bertz CT molecular complexity index is 273. The van der Waals surface area contributed by atoms with Gasteiger partial charge in [-0.25, -0.2) is 0 Å². The molecule has 0 bridgehead atoms. The first-order chi connectivity index (χ1) is 9.92. The van der Waals surface area contributed by atoms with Gasteiger partial charge in [-0.1, -0.05) is 73.1 Å². The third kappa shape index (κ3) is 7.84. The molecule has 0 aliphatic heterocycles. The quantitative estimate of drug-likeness (QED) is 0.341. The Balaban J connectivity index is 4.83. The van der Waals surface area contributed by atoms with Crippen molar-refractivity contribution < 1.29 is 9.09 Å². The molecule has 0 aromatic carbocycles. The van der Waals surface area contributed by atoms with Crippen molar-refractivity contribution in [2.75, 3.05) is 0 Å². The van der Waals surface area contributed by atoms with Crippen LogP contribution in [-0.4, -0.2) is 17.4 Å². The molecule has 128 valence electrons. The number of hydrogen-bond acceptors (Lipinski definition) is 2. The van der Waals surface area contributed by atoms with Crippen LogP contribution in [0.2, 0.25) is 0 Å². The Morgan fingerprint density at radius 2 is 1.14 bits per heavy atom. The predicted molar refractivity (Wildman–Crippen MR) is 95.7 cm³/mol. The maximum Gasteiger partial charge on any atom is 0.208 e. The molecule has 0 radical (unpaired) electrons. The third-order valence-corrected chi connectivity index (χ3v) is 8.15. The monoisotopic (exact) mass is 318 g/mol. The van der Waals surface area contributed by atoms with Crippen LogP contribution in [-0.2, 0) is 9.09 Å². The van der Waals surface area contributed by atoms with Crippen LogP contribution in [0.4, 0.5) is 0 Å². The van der Waals surface area contributed by atoms with Gasteiger partial charge >= 0.3 is 0 Å². The Morgan fingerprint density at radius 3 is 1.52 bits per heavy atom. The van der Waals surface area contributed by atoms with Crippen molar-refractivity contribution in [3.8, 4) is 0 Å². The molecule has 0 saturated heterocycles. The fourth-order valence-corrected chi connectivity index (χ4v) is 5.86. The van der Waals surface area contributed by atoms with E-state index in [4.69, 9.17) is 4.52 Å². The molecule has 0 aromatic rings. The Morgan fingerprint density at radius 1 is 0.762 bits per heavy atom. The van der Waals surface area contributed by atoms with E-state index in [1.165, 1.54) is 19.3 Å². The van der Waals surface area contributed by atoms with Crippen molar-refractivity contribution in [1.29, 1.82) is 0 Å². The van der Waals surface area contributed by atoms with Gasteiger partial charge in [-0.15, -0.1) is 0 Å². The second-order valence-corrected chi connectivity index (χ2v) is 9.95. The molecule has 0 N–H and O–H groups in total. The molecule has 0 saturated carbocycles. The van der Waals surface area contributed by atoms with E-state index >= 15 is 0 Å². The van der Waals surface area contributed by atoms with Gasteiger partial charge in [0.15, 0.2) is 0 Å². The predicted octanol–water partition coefficient (Wildman–Crippen LogP) is 7.02. The van der Waals surface area contributed by atoms with Crippen LogP contribution in [0, 0.1) is 0 Å². The van der Waals surface area contributed by atoms with E-state index in [9.17, 15) is 4.57 Å². The smallest absolute Gasteiger partial charge is 0.208 e. The van der Waals surface area contributed by atoms with Gasteiger partial charge in [0.2, 0.25) is 7.37 Å². The van der Waals surface area contributed by atoms with Gasteiger partial charge in [0.25, 0.3) is 0 Å². The minimum atomic E-state index is -2.56. The lowest BCUT2D eigenvalue weighted by Crippen LogP contribution is -2.20. The summed E-state index contributed by atoms with van der Waals surface area (Å²) in [6, 6.07) is 0. The highest BCUT2D eigenvalue weighted by Gasteiger charge is 2.37. The second-order valence-electron chi connectivity index (χ2n) is 6.69. The highest BCUT2D eigenvalue weighted by molar-refractivity contribution is 7.60. The maximum absolute atomic E-state index is 13.6. The molecule has 0 rings (SSSR count). The van der Waals surface area contributed by atoms with Crippen LogP contribution in [0.1, 0.15) is 99.3 Å². The molecular formula is C18H39O2P. The first-order valence-corrected chi connectivity index (χ1v) is 11.0. The third-order valence-electron chi connectivity index (χ3n) is 4.49. The molecule has 0 spiro atoms. The Hall–Kier alpha value is 0.190. The summed E-state index contributed by atoms with van der Waals surface area (Å²) in [5.74, 6) is 0. The van der Waals surface area contributed by atoms with Gasteiger partial charge in [0.05, 0.1) is 6.10 Å². The van der Waals surface area contributed by atoms with Gasteiger partial charge < -0.3 is 4.52 Å². The molecule has 0 heterocycles. The second kappa shape index (κ2) is 11.7. The summed E-state index contributed by atoms with van der Waals surface area (Å²) in [5.41, 5.74) is 0.404. The lowest BCUT2D eigenvalue weighted by molar-refractivity contribution is 0.201. The maximum atomic E-state index is 13.6. The normalized spacial score (nSPS) is 19.0. The molecule has 21 heavy (non-hydrogen) atoms.